The number of hydrogen-bond acceptors (Lipinski definition) is 7. The molecule has 0 atom stereocenters. The standard InChI is InChI=1S/C24H33N5O4S/c1-16(2)10-11-20-27-21-22(18-8-4-5-9-19(18)26-23(21)25)29(20)13-7-6-12-28(24(30)33-3)17-14-34(31,32)15-17/h4-5,8-9,16-17H,6-7,10-15H2,1-3H3,(H2,25,26). The smallest absolute Gasteiger partial charge is 0.409 e. The number of ether oxygens (including phenoxy) is 1. The molecule has 1 fully saturated rings. The Balaban J connectivity index is 1.56. The molecule has 0 radical (unpaired) electrons. The first kappa shape index (κ1) is 24.3. The summed E-state index contributed by atoms with van der Waals surface area (Å²) in [6.45, 7) is 5.56. The largest absolute Gasteiger partial charge is 0.453 e. The third-order valence-electron chi connectivity index (χ3n) is 6.41. The number of anilines is 1. The van der Waals surface area contributed by atoms with E-state index in [1.807, 2.05) is 24.3 Å². The van der Waals surface area contributed by atoms with Crippen LogP contribution < -0.4 is 5.73 Å². The number of unbranched alkanes of at least 4 members (excludes halogenated alkanes) is 1. The van der Waals surface area contributed by atoms with Crippen LogP contribution in [0.1, 0.15) is 38.9 Å². The van der Waals surface area contributed by atoms with Crippen LogP contribution in [0.3, 0.4) is 0 Å². The summed E-state index contributed by atoms with van der Waals surface area (Å²) < 4.78 is 30.3. The molecule has 3 aromatic rings. The lowest BCUT2D eigenvalue weighted by Crippen LogP contribution is -2.55. The third kappa shape index (κ3) is 4.96. The summed E-state index contributed by atoms with van der Waals surface area (Å²) in [7, 11) is -1.71. The zero-order chi connectivity index (χ0) is 24.5. The summed E-state index contributed by atoms with van der Waals surface area (Å²) in [5, 5.41) is 1.02. The second kappa shape index (κ2) is 9.77. The van der Waals surface area contributed by atoms with Gasteiger partial charge in [0.15, 0.2) is 15.7 Å². The molecule has 1 aliphatic rings. The van der Waals surface area contributed by atoms with Gasteiger partial charge in [-0.15, -0.1) is 0 Å². The second-order valence-corrected chi connectivity index (χ2v) is 11.6. The van der Waals surface area contributed by atoms with Crippen molar-refractivity contribution in [1.82, 2.24) is 19.4 Å². The van der Waals surface area contributed by atoms with Crippen LogP contribution >= 0.6 is 0 Å². The zero-order valence-electron chi connectivity index (χ0n) is 20.0. The number of imidazole rings is 1. The average Bonchev–Trinajstić information content (AvgIpc) is 3.15. The predicted molar refractivity (Wildman–Crippen MR) is 133 cm³/mol. The Morgan fingerprint density at radius 1 is 1.24 bits per heavy atom. The number of hydrogen-bond donors (Lipinski definition) is 1. The number of pyridine rings is 1. The fraction of sp³-hybridized carbons (Fsp3) is 0.542. The molecule has 0 unspecified atom stereocenters. The van der Waals surface area contributed by atoms with Crippen molar-refractivity contribution in [3.05, 3.63) is 30.1 Å². The number of nitrogens with zero attached hydrogens (tertiary/aromatic N) is 4. The highest BCUT2D eigenvalue weighted by molar-refractivity contribution is 7.92. The van der Waals surface area contributed by atoms with Gasteiger partial charge in [-0.05, 0) is 31.2 Å². The zero-order valence-corrected chi connectivity index (χ0v) is 20.8. The van der Waals surface area contributed by atoms with Crippen molar-refractivity contribution in [3.63, 3.8) is 0 Å². The molecule has 1 saturated heterocycles. The number of aryl methyl sites for hydroxylation is 2. The van der Waals surface area contributed by atoms with Crippen LogP contribution in [0.4, 0.5) is 10.6 Å². The minimum atomic E-state index is -3.03. The Morgan fingerprint density at radius 2 is 1.97 bits per heavy atom. The van der Waals surface area contributed by atoms with E-state index in [1.165, 1.54) is 7.11 Å². The summed E-state index contributed by atoms with van der Waals surface area (Å²) >= 11 is 0. The number of rotatable bonds is 9. The fourth-order valence-electron chi connectivity index (χ4n) is 4.56. The summed E-state index contributed by atoms with van der Waals surface area (Å²) in [5.74, 6) is 1.98. The van der Waals surface area contributed by atoms with Crippen LogP contribution in [0.5, 0.6) is 0 Å². The van der Waals surface area contributed by atoms with E-state index in [0.29, 0.717) is 24.7 Å². The number of para-hydroxylation sites is 1. The molecule has 1 amide bonds. The summed E-state index contributed by atoms with van der Waals surface area (Å²) in [6, 6.07) is 7.64. The van der Waals surface area contributed by atoms with E-state index in [4.69, 9.17) is 15.5 Å². The normalized spacial score (nSPS) is 15.6. The molecule has 0 aliphatic carbocycles. The molecule has 34 heavy (non-hydrogen) atoms. The minimum absolute atomic E-state index is 0.00583. The van der Waals surface area contributed by atoms with Gasteiger partial charge in [-0.25, -0.2) is 23.2 Å². The Labute approximate surface area is 200 Å². The maximum atomic E-state index is 12.2. The lowest BCUT2D eigenvalue weighted by atomic mass is 10.1. The summed E-state index contributed by atoms with van der Waals surface area (Å²) in [4.78, 5) is 23.2. The van der Waals surface area contributed by atoms with Crippen LogP contribution in [0.25, 0.3) is 21.9 Å². The van der Waals surface area contributed by atoms with Crippen LogP contribution in [0.2, 0.25) is 0 Å². The molecule has 0 bridgehead atoms. The number of sulfone groups is 1. The SMILES string of the molecule is COC(=O)N(CCCCn1c(CCC(C)C)nc2c(N)nc3ccccc3c21)C1CS(=O)(=O)C1. The van der Waals surface area contributed by atoms with Gasteiger partial charge in [-0.2, -0.15) is 0 Å². The van der Waals surface area contributed by atoms with E-state index in [-0.39, 0.29) is 17.5 Å². The van der Waals surface area contributed by atoms with E-state index in [9.17, 15) is 13.2 Å². The van der Waals surface area contributed by atoms with Crippen LogP contribution in [-0.4, -0.2) is 65.1 Å². The number of carbonyl (C=O) groups is 1. The minimum Gasteiger partial charge on any atom is -0.453 e. The Hall–Kier alpha value is -2.88. The van der Waals surface area contributed by atoms with E-state index in [1.54, 1.807) is 4.90 Å². The molecule has 1 aromatic carbocycles. The molecule has 10 heteroatoms. The maximum Gasteiger partial charge on any atom is 0.409 e. The average molecular weight is 488 g/mol. The van der Waals surface area contributed by atoms with Crippen molar-refractivity contribution >= 4 is 43.7 Å². The highest BCUT2D eigenvalue weighted by Crippen LogP contribution is 2.30. The number of amides is 1. The van der Waals surface area contributed by atoms with Crippen molar-refractivity contribution in [2.45, 2.75) is 52.1 Å². The number of carbonyl (C=O) groups excluding carboxylic acids is 1. The van der Waals surface area contributed by atoms with Crippen molar-refractivity contribution in [1.29, 1.82) is 0 Å². The quantitative estimate of drug-likeness (QED) is 0.459. The second-order valence-electron chi connectivity index (χ2n) is 9.42. The number of aromatic nitrogens is 3. The van der Waals surface area contributed by atoms with Gasteiger partial charge in [0, 0.05) is 24.9 Å². The number of benzene rings is 1. The molecule has 4 rings (SSSR count). The monoisotopic (exact) mass is 487 g/mol. The number of nitrogens with two attached hydrogens (primary N) is 1. The van der Waals surface area contributed by atoms with Crippen molar-refractivity contribution < 1.29 is 17.9 Å². The molecular weight excluding hydrogens is 454 g/mol. The molecule has 0 saturated carbocycles. The maximum absolute atomic E-state index is 12.2. The van der Waals surface area contributed by atoms with Gasteiger partial charge in [0.2, 0.25) is 0 Å². The van der Waals surface area contributed by atoms with E-state index >= 15 is 0 Å². The molecule has 184 valence electrons. The lowest BCUT2D eigenvalue weighted by Gasteiger charge is -2.36. The highest BCUT2D eigenvalue weighted by atomic mass is 32.2. The van der Waals surface area contributed by atoms with Crippen molar-refractivity contribution in [2.75, 3.05) is 30.9 Å². The van der Waals surface area contributed by atoms with Crippen LogP contribution in [0, 0.1) is 5.92 Å². The van der Waals surface area contributed by atoms with Gasteiger partial charge in [0.25, 0.3) is 0 Å². The van der Waals surface area contributed by atoms with Gasteiger partial charge < -0.3 is 19.9 Å². The lowest BCUT2D eigenvalue weighted by molar-refractivity contribution is 0.109. The Bertz CT molecular complexity index is 1290. The van der Waals surface area contributed by atoms with E-state index < -0.39 is 15.9 Å². The number of fused-ring (bicyclic) bond motifs is 3. The van der Waals surface area contributed by atoms with E-state index in [0.717, 1.165) is 53.6 Å². The molecule has 0 spiro atoms. The number of nitrogen functional groups attached to an aromatic ring is 1. The molecular formula is C24H33N5O4S. The molecule has 2 N–H and O–H groups in total. The summed E-state index contributed by atoms with van der Waals surface area (Å²) in [6.07, 6.45) is 2.89. The first-order chi connectivity index (χ1) is 16.2. The molecule has 2 aromatic heterocycles. The fourth-order valence-corrected chi connectivity index (χ4v) is 6.00. The van der Waals surface area contributed by atoms with Crippen molar-refractivity contribution in [2.24, 2.45) is 5.92 Å². The molecule has 3 heterocycles. The van der Waals surface area contributed by atoms with Gasteiger partial charge >= 0.3 is 6.09 Å². The highest BCUT2D eigenvalue weighted by Gasteiger charge is 2.40. The van der Waals surface area contributed by atoms with Gasteiger partial charge in [-0.3, -0.25) is 0 Å². The van der Waals surface area contributed by atoms with Crippen molar-refractivity contribution in [3.8, 4) is 0 Å². The van der Waals surface area contributed by atoms with Crippen LogP contribution in [0.15, 0.2) is 24.3 Å². The van der Waals surface area contributed by atoms with E-state index in [2.05, 4.69) is 23.4 Å². The number of methoxy groups -OCH3 is 1. The topological polar surface area (TPSA) is 120 Å². The molecule has 1 aliphatic heterocycles. The Morgan fingerprint density at radius 3 is 2.65 bits per heavy atom. The first-order valence-electron chi connectivity index (χ1n) is 11.8. The third-order valence-corrected chi connectivity index (χ3v) is 8.19. The summed E-state index contributed by atoms with van der Waals surface area (Å²) in [5.41, 5.74) is 8.85. The van der Waals surface area contributed by atoms with Gasteiger partial charge in [-0.1, -0.05) is 32.0 Å². The van der Waals surface area contributed by atoms with Gasteiger partial charge in [0.05, 0.1) is 35.7 Å². The first-order valence-corrected chi connectivity index (χ1v) is 13.6. The predicted octanol–water partition coefficient (Wildman–Crippen LogP) is 3.40. The Kier molecular flexibility index (Phi) is 6.97. The van der Waals surface area contributed by atoms with Gasteiger partial charge in [0.1, 0.15) is 11.3 Å². The molecule has 9 nitrogen and oxygen atoms in total. The van der Waals surface area contributed by atoms with Crippen LogP contribution in [-0.2, 0) is 27.5 Å².